The zero-order chi connectivity index (χ0) is 7.40. The van der Waals surface area contributed by atoms with Crippen molar-refractivity contribution in [3.05, 3.63) is 24.3 Å². The third kappa shape index (κ3) is 2.07. The monoisotopic (exact) mass is 198 g/mol. The zero-order valence-electron chi connectivity index (χ0n) is 6.00. The van der Waals surface area contributed by atoms with Crippen LogP contribution < -0.4 is 9.09 Å². The quantitative estimate of drug-likeness (QED) is 0.623. The molecular formula is C8H11AsO. The number of rotatable bonds is 2. The average Bonchev–Trinajstić information content (AvgIpc) is 1.95. The molecule has 1 unspecified atom stereocenters. The average molecular weight is 198 g/mol. The van der Waals surface area contributed by atoms with Crippen molar-refractivity contribution in [2.75, 3.05) is 6.61 Å². The van der Waals surface area contributed by atoms with Gasteiger partial charge in [-0.3, -0.25) is 0 Å². The van der Waals surface area contributed by atoms with Crippen molar-refractivity contribution in [3.8, 4) is 5.75 Å². The van der Waals surface area contributed by atoms with E-state index in [1.807, 2.05) is 19.1 Å². The molecular weight excluding hydrogens is 187 g/mol. The van der Waals surface area contributed by atoms with Crippen molar-refractivity contribution in [2.24, 2.45) is 0 Å². The Balaban J connectivity index is 2.69. The number of hydrogen-bond donors (Lipinski definition) is 0. The Labute approximate surface area is 69.9 Å². The van der Waals surface area contributed by atoms with E-state index < -0.39 is 0 Å². The van der Waals surface area contributed by atoms with Crippen molar-refractivity contribution in [3.63, 3.8) is 0 Å². The minimum atomic E-state index is 0.744. The van der Waals surface area contributed by atoms with Crippen molar-refractivity contribution in [1.82, 2.24) is 0 Å². The van der Waals surface area contributed by atoms with Crippen LogP contribution in [0.15, 0.2) is 24.3 Å². The molecule has 0 fully saturated rings. The van der Waals surface area contributed by atoms with Crippen molar-refractivity contribution in [2.45, 2.75) is 6.92 Å². The molecule has 0 aliphatic heterocycles. The number of benzene rings is 1. The van der Waals surface area contributed by atoms with Crippen LogP contribution in [-0.4, -0.2) is 23.5 Å². The fourth-order valence-electron chi connectivity index (χ4n) is 0.731. The summed E-state index contributed by atoms with van der Waals surface area (Å²) in [7, 11) is 0. The van der Waals surface area contributed by atoms with E-state index >= 15 is 0 Å². The summed E-state index contributed by atoms with van der Waals surface area (Å²) in [5.74, 6) is 0.962. The van der Waals surface area contributed by atoms with Gasteiger partial charge in [-0.05, 0) is 0 Å². The predicted molar refractivity (Wildman–Crippen MR) is 45.8 cm³/mol. The SMILES string of the molecule is CCOc1ccc([AsH2])cc1. The molecule has 0 amide bonds. The van der Waals surface area contributed by atoms with Crippen LogP contribution in [0.3, 0.4) is 0 Å². The molecule has 54 valence electrons. The van der Waals surface area contributed by atoms with E-state index in [0.29, 0.717) is 0 Å². The second-order valence-corrected chi connectivity index (χ2v) is 3.40. The second kappa shape index (κ2) is 3.68. The Morgan fingerprint density at radius 3 is 2.40 bits per heavy atom. The van der Waals surface area contributed by atoms with Gasteiger partial charge in [0, 0.05) is 0 Å². The Kier molecular flexibility index (Phi) is 2.82. The van der Waals surface area contributed by atoms with Gasteiger partial charge in [0.25, 0.3) is 0 Å². The Hall–Kier alpha value is -0.422. The van der Waals surface area contributed by atoms with Crippen LogP contribution in [0.2, 0.25) is 0 Å². The first-order valence-corrected chi connectivity index (χ1v) is 4.52. The normalized spacial score (nSPS) is 9.40. The van der Waals surface area contributed by atoms with Crippen LogP contribution in [0.5, 0.6) is 5.75 Å². The molecule has 1 rings (SSSR count). The third-order valence-electron chi connectivity index (χ3n) is 1.19. The van der Waals surface area contributed by atoms with Crippen LogP contribution >= 0.6 is 0 Å². The van der Waals surface area contributed by atoms with Crippen LogP contribution in [-0.2, 0) is 0 Å². The Morgan fingerprint density at radius 1 is 1.30 bits per heavy atom. The molecule has 1 atom stereocenters. The van der Waals surface area contributed by atoms with Crippen LogP contribution in [0, 0.1) is 0 Å². The minimum absolute atomic E-state index is 0.744. The first kappa shape index (κ1) is 7.68. The predicted octanol–water partition coefficient (Wildman–Crippen LogP) is 0.344. The molecule has 0 bridgehead atoms. The number of ether oxygens (including phenoxy) is 1. The van der Waals surface area contributed by atoms with Gasteiger partial charge in [0.15, 0.2) is 0 Å². The topological polar surface area (TPSA) is 9.23 Å². The molecule has 0 N–H and O–H groups in total. The van der Waals surface area contributed by atoms with Gasteiger partial charge in [0.2, 0.25) is 0 Å². The van der Waals surface area contributed by atoms with E-state index in [1.165, 1.54) is 4.35 Å². The van der Waals surface area contributed by atoms with E-state index in [1.54, 1.807) is 16.9 Å². The Morgan fingerprint density at radius 2 is 1.90 bits per heavy atom. The molecule has 0 heterocycles. The van der Waals surface area contributed by atoms with Gasteiger partial charge in [-0.2, -0.15) is 0 Å². The van der Waals surface area contributed by atoms with E-state index in [4.69, 9.17) is 4.74 Å². The van der Waals surface area contributed by atoms with E-state index in [2.05, 4.69) is 12.1 Å². The maximum atomic E-state index is 5.27. The fraction of sp³-hybridized carbons (Fsp3) is 0.250. The number of hydrogen-bond acceptors (Lipinski definition) is 1. The third-order valence-corrected chi connectivity index (χ3v) is 2.00. The maximum absolute atomic E-state index is 5.27. The molecule has 0 saturated carbocycles. The molecule has 1 aromatic carbocycles. The summed E-state index contributed by atoms with van der Waals surface area (Å²) in [6, 6.07) is 8.15. The second-order valence-electron chi connectivity index (χ2n) is 2.00. The summed E-state index contributed by atoms with van der Waals surface area (Å²) < 4.78 is 6.60. The summed E-state index contributed by atoms with van der Waals surface area (Å²) in [6.07, 6.45) is 0. The van der Waals surface area contributed by atoms with E-state index in [0.717, 1.165) is 12.4 Å². The molecule has 0 aliphatic rings. The summed E-state index contributed by atoms with van der Waals surface area (Å²) >= 11 is 1.64. The molecule has 10 heavy (non-hydrogen) atoms. The van der Waals surface area contributed by atoms with Crippen molar-refractivity contribution in [1.29, 1.82) is 0 Å². The van der Waals surface area contributed by atoms with Gasteiger partial charge in [0.05, 0.1) is 0 Å². The van der Waals surface area contributed by atoms with Gasteiger partial charge in [-0.25, -0.2) is 0 Å². The van der Waals surface area contributed by atoms with Gasteiger partial charge in [0.1, 0.15) is 0 Å². The molecule has 1 nitrogen and oxygen atoms in total. The van der Waals surface area contributed by atoms with E-state index in [-0.39, 0.29) is 0 Å². The molecule has 0 aromatic heterocycles. The molecule has 1 aromatic rings. The molecule has 0 spiro atoms. The summed E-state index contributed by atoms with van der Waals surface area (Å²) in [5, 5.41) is 0. The van der Waals surface area contributed by atoms with Crippen molar-refractivity contribution < 1.29 is 4.74 Å². The fourth-order valence-corrected chi connectivity index (χ4v) is 1.13. The molecule has 2 heteroatoms. The van der Waals surface area contributed by atoms with Gasteiger partial charge >= 0.3 is 69.5 Å². The summed E-state index contributed by atoms with van der Waals surface area (Å²) in [4.78, 5) is 0. The van der Waals surface area contributed by atoms with Gasteiger partial charge < -0.3 is 0 Å². The van der Waals surface area contributed by atoms with Crippen LogP contribution in [0.4, 0.5) is 0 Å². The zero-order valence-corrected chi connectivity index (χ0v) is 8.42. The molecule has 0 saturated heterocycles. The summed E-state index contributed by atoms with van der Waals surface area (Å²) in [5.41, 5.74) is 0. The van der Waals surface area contributed by atoms with Crippen LogP contribution in [0.25, 0.3) is 0 Å². The first-order valence-electron chi connectivity index (χ1n) is 3.31. The standard InChI is InChI=1S/C8H11AsO/c1-2-10-8-5-3-7(9)4-6-8/h3-6H,2,9H2,1H3. The summed E-state index contributed by atoms with van der Waals surface area (Å²) in [6.45, 7) is 2.73. The molecule has 0 aliphatic carbocycles. The van der Waals surface area contributed by atoms with Gasteiger partial charge in [-0.15, -0.1) is 0 Å². The van der Waals surface area contributed by atoms with Gasteiger partial charge in [-0.1, -0.05) is 0 Å². The Bertz CT molecular complexity index is 193. The van der Waals surface area contributed by atoms with Crippen LogP contribution in [0.1, 0.15) is 6.92 Å². The van der Waals surface area contributed by atoms with Crippen molar-refractivity contribution >= 4 is 21.2 Å². The first-order chi connectivity index (χ1) is 4.83. The molecule has 0 radical (unpaired) electrons. The van der Waals surface area contributed by atoms with E-state index in [9.17, 15) is 0 Å².